The molecular formula is C26H27N5OS2. The number of hydrogen-bond donors (Lipinski definition) is 1. The van der Waals surface area contributed by atoms with Gasteiger partial charge in [-0.15, -0.1) is 0 Å². The lowest BCUT2D eigenvalue weighted by Crippen LogP contribution is -2.40. The lowest BCUT2D eigenvalue weighted by molar-refractivity contribution is -0.124. The maximum Gasteiger partial charge on any atom is 0.269 e. The molecule has 6 nitrogen and oxygen atoms in total. The predicted molar refractivity (Wildman–Crippen MR) is 141 cm³/mol. The SMILES string of the molecule is CCNc1ccc(C#N)cc1/N=C1\S/C(=C2\Sc3ccccc3N2C)C(=O)N1C1CCCCC1. The second kappa shape index (κ2) is 9.77. The minimum Gasteiger partial charge on any atom is -0.384 e. The van der Waals surface area contributed by atoms with Crippen molar-refractivity contribution in [1.82, 2.24) is 4.90 Å². The number of para-hydroxylation sites is 1. The van der Waals surface area contributed by atoms with Crippen molar-refractivity contribution >= 4 is 51.7 Å². The zero-order valence-corrected chi connectivity index (χ0v) is 21.0. The highest BCUT2D eigenvalue weighted by atomic mass is 32.2. The first-order valence-corrected chi connectivity index (χ1v) is 13.4. The Balaban J connectivity index is 1.59. The highest BCUT2D eigenvalue weighted by molar-refractivity contribution is 8.19. The number of amidine groups is 1. The van der Waals surface area contributed by atoms with Crippen molar-refractivity contribution in [2.24, 2.45) is 4.99 Å². The van der Waals surface area contributed by atoms with Gasteiger partial charge in [-0.05, 0) is 61.9 Å². The number of anilines is 2. The van der Waals surface area contributed by atoms with Crippen LogP contribution in [0, 0.1) is 11.3 Å². The largest absolute Gasteiger partial charge is 0.384 e. The number of nitrogens with zero attached hydrogens (tertiary/aromatic N) is 4. The first kappa shape index (κ1) is 22.9. The molecule has 1 N–H and O–H groups in total. The summed E-state index contributed by atoms with van der Waals surface area (Å²) in [7, 11) is 2.02. The third-order valence-corrected chi connectivity index (χ3v) is 8.80. The lowest BCUT2D eigenvalue weighted by Gasteiger charge is -2.30. The molecule has 0 aromatic heterocycles. The van der Waals surface area contributed by atoms with E-state index in [2.05, 4.69) is 28.4 Å². The van der Waals surface area contributed by atoms with E-state index in [1.165, 1.54) is 18.2 Å². The molecule has 34 heavy (non-hydrogen) atoms. The average molecular weight is 490 g/mol. The van der Waals surface area contributed by atoms with Crippen LogP contribution in [0.4, 0.5) is 17.1 Å². The highest BCUT2D eigenvalue weighted by Gasteiger charge is 2.42. The monoisotopic (exact) mass is 489 g/mol. The number of amides is 1. The summed E-state index contributed by atoms with van der Waals surface area (Å²) in [4.78, 5) is 24.8. The number of nitriles is 1. The molecule has 1 amide bonds. The molecule has 2 aromatic rings. The van der Waals surface area contributed by atoms with Gasteiger partial charge in [0.1, 0.15) is 4.91 Å². The molecule has 0 radical (unpaired) electrons. The first-order chi connectivity index (χ1) is 16.6. The maximum atomic E-state index is 13.9. The van der Waals surface area contributed by atoms with E-state index in [0.29, 0.717) is 16.4 Å². The molecule has 0 spiro atoms. The second-order valence-electron chi connectivity index (χ2n) is 8.60. The van der Waals surface area contributed by atoms with Crippen molar-refractivity contribution in [2.45, 2.75) is 50.0 Å². The van der Waals surface area contributed by atoms with Crippen LogP contribution in [0.5, 0.6) is 0 Å². The number of carbonyl (C=O) groups excluding carboxylic acids is 1. The van der Waals surface area contributed by atoms with Gasteiger partial charge in [0.05, 0.1) is 33.7 Å². The number of hydrogen-bond acceptors (Lipinski definition) is 7. The number of thioether (sulfide) groups is 2. The quantitative estimate of drug-likeness (QED) is 0.509. The maximum absolute atomic E-state index is 13.9. The van der Waals surface area contributed by atoms with Crippen molar-refractivity contribution < 1.29 is 4.79 Å². The highest BCUT2D eigenvalue weighted by Crippen LogP contribution is 2.50. The van der Waals surface area contributed by atoms with E-state index in [1.807, 2.05) is 37.1 Å². The first-order valence-electron chi connectivity index (χ1n) is 11.7. The van der Waals surface area contributed by atoms with Crippen LogP contribution < -0.4 is 10.2 Å². The van der Waals surface area contributed by atoms with Crippen molar-refractivity contribution in [3.05, 3.63) is 58.0 Å². The summed E-state index contributed by atoms with van der Waals surface area (Å²) in [5.74, 6) is 0.0410. The summed E-state index contributed by atoms with van der Waals surface area (Å²) >= 11 is 3.11. The van der Waals surface area contributed by atoms with Gasteiger partial charge in [0.15, 0.2) is 5.17 Å². The van der Waals surface area contributed by atoms with Crippen LogP contribution in [0.3, 0.4) is 0 Å². The molecule has 1 saturated carbocycles. The standard InChI is InChI=1S/C26H27N5OS2/c1-3-28-19-14-13-17(16-27)15-20(19)29-26-31(18-9-5-4-6-10-18)24(32)23(34-26)25-30(2)21-11-7-8-12-22(21)33-25/h7-8,11-15,18,28H,3-6,9-10H2,1-2H3/b25-23-,29-26-. The van der Waals surface area contributed by atoms with Gasteiger partial charge in [-0.25, -0.2) is 4.99 Å². The molecule has 2 aromatic carbocycles. The van der Waals surface area contributed by atoms with Gasteiger partial charge < -0.3 is 10.2 Å². The third-order valence-electron chi connectivity index (χ3n) is 6.39. The zero-order valence-electron chi connectivity index (χ0n) is 19.4. The van der Waals surface area contributed by atoms with Crippen LogP contribution in [0.2, 0.25) is 0 Å². The molecule has 0 bridgehead atoms. The summed E-state index contributed by atoms with van der Waals surface area (Å²) in [6, 6.07) is 16.1. The number of nitrogens with one attached hydrogen (secondary N) is 1. The van der Waals surface area contributed by atoms with E-state index in [-0.39, 0.29) is 11.9 Å². The molecule has 5 rings (SSSR count). The molecule has 2 aliphatic heterocycles. The third kappa shape index (κ3) is 4.19. The minimum atomic E-state index is 0.0410. The van der Waals surface area contributed by atoms with Crippen LogP contribution in [0.25, 0.3) is 0 Å². The van der Waals surface area contributed by atoms with Gasteiger partial charge in [0.2, 0.25) is 0 Å². The van der Waals surface area contributed by atoms with E-state index in [9.17, 15) is 10.1 Å². The van der Waals surface area contributed by atoms with Gasteiger partial charge in [0, 0.05) is 24.5 Å². The molecule has 2 fully saturated rings. The molecule has 3 aliphatic rings. The molecule has 0 unspecified atom stereocenters. The Bertz CT molecular complexity index is 1230. The minimum absolute atomic E-state index is 0.0410. The van der Waals surface area contributed by atoms with Crippen LogP contribution in [0.15, 0.2) is 62.3 Å². The Labute approximate surface area is 209 Å². The van der Waals surface area contributed by atoms with E-state index < -0.39 is 0 Å². The van der Waals surface area contributed by atoms with Crippen molar-refractivity contribution in [3.8, 4) is 6.07 Å². The number of benzene rings is 2. The topological polar surface area (TPSA) is 71.7 Å². The van der Waals surface area contributed by atoms with E-state index in [1.54, 1.807) is 23.9 Å². The van der Waals surface area contributed by atoms with Crippen LogP contribution in [-0.4, -0.2) is 35.6 Å². The number of aliphatic imine (C=N–C) groups is 1. The predicted octanol–water partition coefficient (Wildman–Crippen LogP) is 6.30. The van der Waals surface area contributed by atoms with Gasteiger partial charge >= 0.3 is 0 Å². The molecule has 174 valence electrons. The Hall–Kier alpha value is -2.89. The lowest BCUT2D eigenvalue weighted by atomic mass is 9.94. The fourth-order valence-electron chi connectivity index (χ4n) is 4.69. The molecule has 1 saturated heterocycles. The average Bonchev–Trinajstić information content (AvgIpc) is 3.37. The van der Waals surface area contributed by atoms with Gasteiger partial charge in [-0.2, -0.15) is 5.26 Å². The Morgan fingerprint density at radius 1 is 1.15 bits per heavy atom. The fourth-order valence-corrected chi connectivity index (χ4v) is 7.09. The van der Waals surface area contributed by atoms with Crippen LogP contribution >= 0.6 is 23.5 Å². The Morgan fingerprint density at radius 2 is 1.94 bits per heavy atom. The molecule has 2 heterocycles. The summed E-state index contributed by atoms with van der Waals surface area (Å²) in [6.07, 6.45) is 5.47. The van der Waals surface area contributed by atoms with E-state index >= 15 is 0 Å². The van der Waals surface area contributed by atoms with Crippen molar-refractivity contribution in [2.75, 3.05) is 23.8 Å². The summed E-state index contributed by atoms with van der Waals surface area (Å²) in [6.45, 7) is 2.78. The van der Waals surface area contributed by atoms with Crippen LogP contribution in [0.1, 0.15) is 44.6 Å². The summed E-state index contributed by atoms with van der Waals surface area (Å²) in [5, 5.41) is 14.4. The van der Waals surface area contributed by atoms with Gasteiger partial charge in [-0.3, -0.25) is 9.69 Å². The zero-order chi connectivity index (χ0) is 23.7. The number of carbonyl (C=O) groups is 1. The van der Waals surface area contributed by atoms with Crippen molar-refractivity contribution in [1.29, 1.82) is 5.26 Å². The number of rotatable bonds is 4. The molecular weight excluding hydrogens is 462 g/mol. The summed E-state index contributed by atoms with van der Waals surface area (Å²) in [5.41, 5.74) is 3.24. The van der Waals surface area contributed by atoms with Gasteiger partial charge in [-0.1, -0.05) is 43.2 Å². The van der Waals surface area contributed by atoms with E-state index in [4.69, 9.17) is 4.99 Å². The fraction of sp³-hybridized carbons (Fsp3) is 0.346. The normalized spacial score (nSPS) is 21.8. The molecule has 0 atom stereocenters. The molecule has 8 heteroatoms. The Morgan fingerprint density at radius 3 is 2.68 bits per heavy atom. The smallest absolute Gasteiger partial charge is 0.269 e. The summed E-state index contributed by atoms with van der Waals surface area (Å²) < 4.78 is 0. The van der Waals surface area contributed by atoms with Gasteiger partial charge in [0.25, 0.3) is 5.91 Å². The Kier molecular flexibility index (Phi) is 6.57. The van der Waals surface area contributed by atoms with Crippen LogP contribution in [-0.2, 0) is 4.79 Å². The second-order valence-corrected chi connectivity index (χ2v) is 10.6. The van der Waals surface area contributed by atoms with E-state index in [0.717, 1.165) is 58.4 Å². The number of fused-ring (bicyclic) bond motifs is 1. The van der Waals surface area contributed by atoms with Crippen molar-refractivity contribution in [3.63, 3.8) is 0 Å². The molecule has 1 aliphatic carbocycles.